The zero-order chi connectivity index (χ0) is 25.3. The van der Waals surface area contributed by atoms with Crippen molar-refractivity contribution in [2.45, 2.75) is 95.2 Å². The molecule has 0 aliphatic carbocycles. The first kappa shape index (κ1) is 32.3. The van der Waals surface area contributed by atoms with E-state index in [1.54, 1.807) is 0 Å². The Kier molecular flexibility index (Phi) is 16.7. The van der Waals surface area contributed by atoms with Crippen LogP contribution in [0.3, 0.4) is 0 Å². The topological polar surface area (TPSA) is 0 Å². The van der Waals surface area contributed by atoms with Crippen molar-refractivity contribution in [1.29, 1.82) is 0 Å². The first-order valence-corrected chi connectivity index (χ1v) is 17.4. The lowest BCUT2D eigenvalue weighted by molar-refractivity contribution is -0.00000725. The molecular formula is C34H47Br2P. The van der Waals surface area contributed by atoms with E-state index in [4.69, 9.17) is 0 Å². The summed E-state index contributed by atoms with van der Waals surface area (Å²) in [6.07, 6.45) is 19.1. The van der Waals surface area contributed by atoms with Crippen molar-refractivity contribution in [3.05, 3.63) is 91.0 Å². The van der Waals surface area contributed by atoms with E-state index in [0.29, 0.717) is 0 Å². The maximum absolute atomic E-state index is 3.86. The van der Waals surface area contributed by atoms with Crippen molar-refractivity contribution in [3.8, 4) is 0 Å². The monoisotopic (exact) mass is 644 g/mol. The molecule has 0 aromatic heterocycles. The molecule has 3 heteroatoms. The first-order valence-electron chi connectivity index (χ1n) is 14.5. The molecule has 1 atom stereocenters. The molecule has 0 bridgehead atoms. The summed E-state index contributed by atoms with van der Waals surface area (Å²) >= 11 is 3.86. The summed E-state index contributed by atoms with van der Waals surface area (Å²) < 4.78 is 0. The van der Waals surface area contributed by atoms with Gasteiger partial charge < -0.3 is 17.0 Å². The minimum Gasteiger partial charge on any atom is -1.00 e. The van der Waals surface area contributed by atoms with Crippen LogP contribution in [0, 0.1) is 0 Å². The van der Waals surface area contributed by atoms with Gasteiger partial charge in [-0.15, -0.1) is 0 Å². The summed E-state index contributed by atoms with van der Waals surface area (Å²) in [6, 6.07) is 34.0. The van der Waals surface area contributed by atoms with Crippen molar-refractivity contribution in [1.82, 2.24) is 0 Å². The molecule has 1 unspecified atom stereocenters. The lowest BCUT2D eigenvalue weighted by Gasteiger charge is -2.27. The Labute approximate surface area is 247 Å². The van der Waals surface area contributed by atoms with Crippen molar-refractivity contribution in [2.75, 3.05) is 6.16 Å². The SMILES string of the molecule is CCCCC(Br)CCCCCCCCCCC[P+](c1ccccc1)(c1ccccc1)c1ccccc1.[Br-]. The van der Waals surface area contributed by atoms with Crippen LogP contribution in [-0.2, 0) is 0 Å². The Bertz CT molecular complexity index is 833. The maximum Gasteiger partial charge on any atom is 0.112 e. The van der Waals surface area contributed by atoms with Gasteiger partial charge in [0.15, 0.2) is 0 Å². The number of halogens is 2. The molecule has 0 saturated carbocycles. The molecule has 0 spiro atoms. The highest BCUT2D eigenvalue weighted by molar-refractivity contribution is 9.09. The molecule has 0 saturated heterocycles. The Morgan fingerprint density at radius 1 is 0.514 bits per heavy atom. The van der Waals surface area contributed by atoms with Crippen LogP contribution >= 0.6 is 23.2 Å². The van der Waals surface area contributed by atoms with Gasteiger partial charge in [0.1, 0.15) is 23.2 Å². The third-order valence-corrected chi connectivity index (χ3v) is 12.9. The first-order chi connectivity index (χ1) is 17.8. The Hall–Kier alpha value is -0.950. The van der Waals surface area contributed by atoms with Gasteiger partial charge in [-0.3, -0.25) is 0 Å². The Balaban J connectivity index is 0.00000481. The van der Waals surface area contributed by atoms with E-state index in [2.05, 4.69) is 114 Å². The van der Waals surface area contributed by atoms with Crippen molar-refractivity contribution in [2.24, 2.45) is 0 Å². The zero-order valence-corrected chi connectivity index (χ0v) is 26.9. The second-order valence-corrected chi connectivity index (χ2v) is 15.2. The zero-order valence-electron chi connectivity index (χ0n) is 22.8. The molecular weight excluding hydrogens is 599 g/mol. The molecule has 202 valence electrons. The van der Waals surface area contributed by atoms with Crippen LogP contribution < -0.4 is 32.9 Å². The van der Waals surface area contributed by atoms with Gasteiger partial charge in [-0.05, 0) is 62.1 Å². The average molecular weight is 647 g/mol. The summed E-state index contributed by atoms with van der Waals surface area (Å²) in [6.45, 7) is 2.29. The van der Waals surface area contributed by atoms with Gasteiger partial charge in [0, 0.05) is 4.83 Å². The van der Waals surface area contributed by atoms with E-state index in [9.17, 15) is 0 Å². The maximum atomic E-state index is 3.86. The minimum absolute atomic E-state index is 0. The second kappa shape index (κ2) is 19.2. The van der Waals surface area contributed by atoms with Gasteiger partial charge in [-0.1, -0.05) is 135 Å². The van der Waals surface area contributed by atoms with E-state index in [0.717, 1.165) is 4.83 Å². The van der Waals surface area contributed by atoms with Crippen LogP contribution in [0.1, 0.15) is 90.4 Å². The number of hydrogen-bond donors (Lipinski definition) is 0. The van der Waals surface area contributed by atoms with Crippen LogP contribution in [0.4, 0.5) is 0 Å². The highest BCUT2D eigenvalue weighted by Gasteiger charge is 2.44. The highest BCUT2D eigenvalue weighted by Crippen LogP contribution is 2.56. The van der Waals surface area contributed by atoms with Gasteiger partial charge in [0.25, 0.3) is 0 Å². The number of alkyl halides is 1. The van der Waals surface area contributed by atoms with Crippen LogP contribution in [0.5, 0.6) is 0 Å². The van der Waals surface area contributed by atoms with Gasteiger partial charge in [0.05, 0.1) is 6.16 Å². The quantitative estimate of drug-likeness (QED) is 0.0808. The van der Waals surface area contributed by atoms with Crippen LogP contribution in [0.25, 0.3) is 0 Å². The average Bonchev–Trinajstić information content (AvgIpc) is 2.94. The third-order valence-electron chi connectivity index (χ3n) is 7.47. The molecule has 37 heavy (non-hydrogen) atoms. The molecule has 0 aliphatic rings. The largest absolute Gasteiger partial charge is 1.00 e. The number of hydrogen-bond acceptors (Lipinski definition) is 0. The van der Waals surface area contributed by atoms with E-state index < -0.39 is 7.26 Å². The summed E-state index contributed by atoms with van der Waals surface area (Å²) in [5, 5.41) is 4.55. The lowest BCUT2D eigenvalue weighted by atomic mass is 10.0. The molecule has 0 fully saturated rings. The van der Waals surface area contributed by atoms with Crippen LogP contribution in [0.2, 0.25) is 0 Å². The summed E-state index contributed by atoms with van der Waals surface area (Å²) in [4.78, 5) is 0.745. The smallest absolute Gasteiger partial charge is 0.112 e. The number of unbranched alkanes of at least 4 members (excludes halogenated alkanes) is 9. The van der Waals surface area contributed by atoms with E-state index >= 15 is 0 Å². The minimum atomic E-state index is -1.65. The number of benzene rings is 3. The molecule has 0 amide bonds. The fourth-order valence-electron chi connectivity index (χ4n) is 5.40. The lowest BCUT2D eigenvalue weighted by Crippen LogP contribution is -3.00. The van der Waals surface area contributed by atoms with Gasteiger partial charge in [-0.2, -0.15) is 0 Å². The number of rotatable bonds is 18. The summed E-state index contributed by atoms with van der Waals surface area (Å²) in [7, 11) is -1.65. The Morgan fingerprint density at radius 3 is 1.27 bits per heavy atom. The van der Waals surface area contributed by atoms with E-state index in [1.165, 1.54) is 106 Å². The molecule has 0 aliphatic heterocycles. The third kappa shape index (κ3) is 10.6. The predicted octanol–water partition coefficient (Wildman–Crippen LogP) is 6.84. The van der Waals surface area contributed by atoms with E-state index in [1.807, 2.05) is 0 Å². The van der Waals surface area contributed by atoms with Gasteiger partial charge >= 0.3 is 0 Å². The molecule has 3 rings (SSSR count). The van der Waals surface area contributed by atoms with Crippen molar-refractivity contribution < 1.29 is 17.0 Å². The molecule has 3 aromatic rings. The van der Waals surface area contributed by atoms with Gasteiger partial charge in [0.2, 0.25) is 0 Å². The highest BCUT2D eigenvalue weighted by atomic mass is 79.9. The molecule has 0 nitrogen and oxygen atoms in total. The second-order valence-electron chi connectivity index (χ2n) is 10.3. The van der Waals surface area contributed by atoms with E-state index in [-0.39, 0.29) is 17.0 Å². The fraction of sp³-hybridized carbons (Fsp3) is 0.471. The molecule has 3 aromatic carbocycles. The van der Waals surface area contributed by atoms with Gasteiger partial charge in [-0.25, -0.2) is 0 Å². The predicted molar refractivity (Wildman–Crippen MR) is 168 cm³/mol. The summed E-state index contributed by atoms with van der Waals surface area (Å²) in [5.41, 5.74) is 0. The van der Waals surface area contributed by atoms with Crippen molar-refractivity contribution in [3.63, 3.8) is 0 Å². The molecule has 0 radical (unpaired) electrons. The normalized spacial score (nSPS) is 12.2. The standard InChI is InChI=1S/C34H47BrP.BrH/c1-2-3-22-31(35)23-14-9-7-5-4-6-8-10-21-30-36(32-24-15-11-16-25-32,33-26-17-12-18-27-33)34-28-19-13-20-29-34;/h11-13,15-20,24-29,31H,2-10,14,21-23,30H2,1H3;1H/q+1;/p-1. The van der Waals surface area contributed by atoms with Crippen LogP contribution in [0.15, 0.2) is 91.0 Å². The van der Waals surface area contributed by atoms with Crippen molar-refractivity contribution >= 4 is 39.1 Å². The molecule has 0 N–H and O–H groups in total. The fourth-order valence-corrected chi connectivity index (χ4v) is 10.5. The van der Waals surface area contributed by atoms with Crippen LogP contribution in [-0.4, -0.2) is 11.0 Å². The Morgan fingerprint density at radius 2 is 0.865 bits per heavy atom. The summed E-state index contributed by atoms with van der Waals surface area (Å²) in [5.74, 6) is 0. The molecule has 0 heterocycles.